The zero-order valence-corrected chi connectivity index (χ0v) is 12.4. The number of aliphatic carboxylic acids is 1. The molecule has 0 radical (unpaired) electrons. The molecule has 0 saturated carbocycles. The zero-order chi connectivity index (χ0) is 15.4. The van der Waals surface area contributed by atoms with Gasteiger partial charge >= 0.3 is 5.97 Å². The molecule has 5 nitrogen and oxygen atoms in total. The predicted molar refractivity (Wildman–Crippen MR) is 81.3 cm³/mol. The summed E-state index contributed by atoms with van der Waals surface area (Å²) in [6.07, 6.45) is 1.38. The van der Waals surface area contributed by atoms with Gasteiger partial charge in [-0.05, 0) is 24.0 Å². The van der Waals surface area contributed by atoms with Crippen LogP contribution >= 0.6 is 0 Å². The van der Waals surface area contributed by atoms with Crippen LogP contribution < -0.4 is 10.6 Å². The maximum atomic E-state index is 12.5. The molecule has 5 heteroatoms. The summed E-state index contributed by atoms with van der Waals surface area (Å²) < 4.78 is 0. The summed E-state index contributed by atoms with van der Waals surface area (Å²) in [4.78, 5) is 23.8. The van der Waals surface area contributed by atoms with Gasteiger partial charge < -0.3 is 15.7 Å². The zero-order valence-electron chi connectivity index (χ0n) is 12.4. The van der Waals surface area contributed by atoms with Gasteiger partial charge in [0.05, 0.1) is 5.92 Å². The molecule has 0 saturated heterocycles. The molecule has 0 bridgehead atoms. The van der Waals surface area contributed by atoms with E-state index in [1.807, 2.05) is 38.1 Å². The molecular formula is C16H22N2O3. The highest BCUT2D eigenvalue weighted by Crippen LogP contribution is 2.31. The lowest BCUT2D eigenvalue weighted by molar-refractivity contribution is -0.143. The molecule has 0 spiro atoms. The standard InChI is InChI=1S/C16H22N2O3/c1-3-10(2)14(16(20)21)18-15(19)12-8-9-17-13-7-5-4-6-11(12)13/h4-7,10,12,14,17H,3,8-9H2,1-2H3,(H,18,19)(H,20,21)/t10?,12?,14-/m0/s1. The Bertz CT molecular complexity index is 530. The Labute approximate surface area is 124 Å². The largest absolute Gasteiger partial charge is 0.480 e. The number of anilines is 1. The van der Waals surface area contributed by atoms with Gasteiger partial charge in [0, 0.05) is 12.2 Å². The molecule has 1 amide bonds. The fraction of sp³-hybridized carbons (Fsp3) is 0.500. The number of amides is 1. The van der Waals surface area contributed by atoms with E-state index in [1.165, 1.54) is 0 Å². The van der Waals surface area contributed by atoms with E-state index < -0.39 is 12.0 Å². The Hall–Kier alpha value is -2.04. The molecule has 1 aromatic carbocycles. The summed E-state index contributed by atoms with van der Waals surface area (Å²) in [5.74, 6) is -1.55. The first kappa shape index (κ1) is 15.4. The first-order valence-electron chi connectivity index (χ1n) is 7.40. The van der Waals surface area contributed by atoms with E-state index >= 15 is 0 Å². The van der Waals surface area contributed by atoms with Crippen LogP contribution in [0.3, 0.4) is 0 Å². The number of carbonyl (C=O) groups is 2. The number of carboxylic acids is 1. The van der Waals surface area contributed by atoms with Crippen LogP contribution in [0.25, 0.3) is 0 Å². The summed E-state index contributed by atoms with van der Waals surface area (Å²) >= 11 is 0. The van der Waals surface area contributed by atoms with Crippen molar-refractivity contribution in [2.75, 3.05) is 11.9 Å². The fourth-order valence-corrected chi connectivity index (χ4v) is 2.68. The lowest BCUT2D eigenvalue weighted by Gasteiger charge is -2.28. The second kappa shape index (κ2) is 6.61. The van der Waals surface area contributed by atoms with Crippen LogP contribution in [0.1, 0.15) is 38.2 Å². The van der Waals surface area contributed by atoms with Crippen molar-refractivity contribution in [1.29, 1.82) is 0 Å². The summed E-state index contributed by atoms with van der Waals surface area (Å²) in [6, 6.07) is 6.86. The molecule has 2 rings (SSSR count). The average molecular weight is 290 g/mol. The minimum atomic E-state index is -0.972. The molecule has 0 aliphatic carbocycles. The van der Waals surface area contributed by atoms with Crippen LogP contribution in [0.5, 0.6) is 0 Å². The Morgan fingerprint density at radius 3 is 2.81 bits per heavy atom. The Kier molecular flexibility index (Phi) is 4.83. The van der Waals surface area contributed by atoms with E-state index in [1.54, 1.807) is 0 Å². The number of nitrogens with one attached hydrogen (secondary N) is 2. The van der Waals surface area contributed by atoms with Crippen molar-refractivity contribution in [3.05, 3.63) is 29.8 Å². The van der Waals surface area contributed by atoms with Gasteiger partial charge in [-0.2, -0.15) is 0 Å². The molecule has 1 aliphatic heterocycles. The van der Waals surface area contributed by atoms with Crippen molar-refractivity contribution < 1.29 is 14.7 Å². The van der Waals surface area contributed by atoms with Gasteiger partial charge in [-0.1, -0.05) is 38.5 Å². The Balaban J connectivity index is 2.15. The van der Waals surface area contributed by atoms with Crippen LogP contribution in [0.2, 0.25) is 0 Å². The molecule has 1 aromatic rings. The first-order chi connectivity index (χ1) is 10.0. The Morgan fingerprint density at radius 2 is 2.14 bits per heavy atom. The normalized spacial score (nSPS) is 19.8. The fourth-order valence-electron chi connectivity index (χ4n) is 2.68. The molecule has 114 valence electrons. The van der Waals surface area contributed by atoms with Crippen molar-refractivity contribution in [3.63, 3.8) is 0 Å². The van der Waals surface area contributed by atoms with Crippen molar-refractivity contribution in [2.45, 2.75) is 38.6 Å². The van der Waals surface area contributed by atoms with Crippen LogP contribution in [-0.2, 0) is 9.59 Å². The van der Waals surface area contributed by atoms with Crippen molar-refractivity contribution >= 4 is 17.6 Å². The maximum Gasteiger partial charge on any atom is 0.326 e. The number of rotatable bonds is 5. The van der Waals surface area contributed by atoms with Gasteiger partial charge in [0.25, 0.3) is 0 Å². The van der Waals surface area contributed by atoms with Crippen molar-refractivity contribution in [2.24, 2.45) is 5.92 Å². The highest BCUT2D eigenvalue weighted by molar-refractivity contribution is 5.90. The molecule has 1 heterocycles. The molecule has 3 atom stereocenters. The minimum absolute atomic E-state index is 0.0941. The number of hydrogen-bond donors (Lipinski definition) is 3. The van der Waals surface area contributed by atoms with Crippen LogP contribution in [0.15, 0.2) is 24.3 Å². The molecule has 3 N–H and O–H groups in total. The molecule has 1 aliphatic rings. The predicted octanol–water partition coefficient (Wildman–Crippen LogP) is 2.20. The highest BCUT2D eigenvalue weighted by Gasteiger charge is 2.31. The SMILES string of the molecule is CCC(C)[C@H](NC(=O)C1CCNc2ccccc21)C(=O)O. The van der Waals surface area contributed by atoms with Gasteiger partial charge in [0.2, 0.25) is 5.91 Å². The van der Waals surface area contributed by atoms with Gasteiger partial charge in [0.15, 0.2) is 0 Å². The lowest BCUT2D eigenvalue weighted by Crippen LogP contribution is -2.47. The van der Waals surface area contributed by atoms with Gasteiger partial charge in [-0.25, -0.2) is 4.79 Å². The highest BCUT2D eigenvalue weighted by atomic mass is 16.4. The van der Waals surface area contributed by atoms with E-state index in [0.717, 1.165) is 17.8 Å². The first-order valence-corrected chi connectivity index (χ1v) is 7.40. The molecule has 0 fully saturated rings. The summed E-state index contributed by atoms with van der Waals surface area (Å²) in [6.45, 7) is 4.48. The van der Waals surface area contributed by atoms with E-state index in [-0.39, 0.29) is 17.7 Å². The summed E-state index contributed by atoms with van der Waals surface area (Å²) in [7, 11) is 0. The van der Waals surface area contributed by atoms with Crippen LogP contribution in [-0.4, -0.2) is 29.6 Å². The van der Waals surface area contributed by atoms with Crippen LogP contribution in [0, 0.1) is 5.92 Å². The van der Waals surface area contributed by atoms with E-state index in [9.17, 15) is 14.7 Å². The lowest BCUT2D eigenvalue weighted by atomic mass is 9.89. The van der Waals surface area contributed by atoms with Gasteiger partial charge in [-0.3, -0.25) is 4.79 Å². The van der Waals surface area contributed by atoms with Gasteiger partial charge in [-0.15, -0.1) is 0 Å². The van der Waals surface area contributed by atoms with E-state index in [0.29, 0.717) is 12.8 Å². The molecule has 2 unspecified atom stereocenters. The third kappa shape index (κ3) is 3.35. The van der Waals surface area contributed by atoms with Crippen molar-refractivity contribution in [1.82, 2.24) is 5.32 Å². The van der Waals surface area contributed by atoms with E-state index in [4.69, 9.17) is 0 Å². The average Bonchev–Trinajstić information content (AvgIpc) is 2.50. The number of hydrogen-bond acceptors (Lipinski definition) is 3. The number of para-hydroxylation sites is 1. The molecular weight excluding hydrogens is 268 g/mol. The maximum absolute atomic E-state index is 12.5. The third-order valence-electron chi connectivity index (χ3n) is 4.18. The minimum Gasteiger partial charge on any atom is -0.480 e. The number of fused-ring (bicyclic) bond motifs is 1. The molecule has 21 heavy (non-hydrogen) atoms. The summed E-state index contributed by atoms with van der Waals surface area (Å²) in [5.41, 5.74) is 1.90. The van der Waals surface area contributed by atoms with Gasteiger partial charge in [0.1, 0.15) is 6.04 Å². The van der Waals surface area contributed by atoms with Crippen LogP contribution in [0.4, 0.5) is 5.69 Å². The topological polar surface area (TPSA) is 78.4 Å². The van der Waals surface area contributed by atoms with E-state index in [2.05, 4.69) is 10.6 Å². The Morgan fingerprint density at radius 1 is 1.43 bits per heavy atom. The quantitative estimate of drug-likeness (QED) is 0.777. The number of carbonyl (C=O) groups excluding carboxylic acids is 1. The second-order valence-corrected chi connectivity index (χ2v) is 5.57. The summed E-state index contributed by atoms with van der Waals surface area (Å²) in [5, 5.41) is 15.3. The monoisotopic (exact) mass is 290 g/mol. The number of benzene rings is 1. The third-order valence-corrected chi connectivity index (χ3v) is 4.18. The van der Waals surface area contributed by atoms with Crippen molar-refractivity contribution in [3.8, 4) is 0 Å². The molecule has 0 aromatic heterocycles. The second-order valence-electron chi connectivity index (χ2n) is 5.57. The number of carboxylic acid groups (broad SMARTS) is 1. The smallest absolute Gasteiger partial charge is 0.326 e.